The molecule has 0 radical (unpaired) electrons. The Labute approximate surface area is 161 Å². The number of para-hydroxylation sites is 1. The molecule has 0 spiro atoms. The van der Waals surface area contributed by atoms with Gasteiger partial charge in [-0.05, 0) is 29.8 Å². The van der Waals surface area contributed by atoms with E-state index in [1.807, 2.05) is 48.5 Å². The quantitative estimate of drug-likeness (QED) is 0.678. The van der Waals surface area contributed by atoms with Crippen molar-refractivity contribution in [3.05, 3.63) is 65.0 Å². The zero-order valence-corrected chi connectivity index (χ0v) is 15.7. The number of likely N-dealkylation sites (N-methyl/N-ethyl adjacent to an activating group) is 1. The molecule has 0 N–H and O–H groups in total. The molecule has 1 aliphatic heterocycles. The zero-order valence-electron chi connectivity index (χ0n) is 14.9. The molecule has 0 bridgehead atoms. The lowest BCUT2D eigenvalue weighted by molar-refractivity contribution is -0.127. The maximum absolute atomic E-state index is 12.4. The monoisotopic (exact) mass is 383 g/mol. The van der Waals surface area contributed by atoms with Crippen LogP contribution in [-0.4, -0.2) is 35.1 Å². The summed E-state index contributed by atoms with van der Waals surface area (Å²) in [6.07, 6.45) is 0.307. The van der Waals surface area contributed by atoms with Crippen LogP contribution in [-0.2, 0) is 4.79 Å². The predicted octanol–water partition coefficient (Wildman–Crippen LogP) is 4.09. The lowest BCUT2D eigenvalue weighted by Crippen LogP contribution is -2.24. The summed E-state index contributed by atoms with van der Waals surface area (Å²) in [4.78, 5) is 18.7. The average Bonchev–Trinajstić information content (AvgIpc) is 3.27. The molecular weight excluding hydrogens is 366 g/mol. The minimum atomic E-state index is -0.239. The number of carbonyl (C=O) groups is 1. The van der Waals surface area contributed by atoms with E-state index in [0.717, 1.165) is 11.1 Å². The van der Waals surface area contributed by atoms with Gasteiger partial charge in [0.05, 0.1) is 24.6 Å². The molecule has 0 saturated carbocycles. The summed E-state index contributed by atoms with van der Waals surface area (Å²) in [5.74, 6) is 1.32. The van der Waals surface area contributed by atoms with Crippen molar-refractivity contribution in [2.45, 2.75) is 18.4 Å². The van der Waals surface area contributed by atoms with E-state index in [2.05, 4.69) is 10.1 Å². The van der Waals surface area contributed by atoms with Crippen LogP contribution < -0.4 is 4.74 Å². The van der Waals surface area contributed by atoms with Gasteiger partial charge < -0.3 is 14.2 Å². The molecule has 1 aromatic heterocycles. The smallest absolute Gasteiger partial charge is 0.233 e. The van der Waals surface area contributed by atoms with E-state index in [9.17, 15) is 4.79 Å². The molecule has 3 aromatic rings. The first-order valence-electron chi connectivity index (χ1n) is 8.56. The number of methoxy groups -OCH3 is 1. The Morgan fingerprint density at radius 3 is 2.81 bits per heavy atom. The molecule has 2 heterocycles. The Balaban J connectivity index is 1.72. The number of benzene rings is 2. The van der Waals surface area contributed by atoms with Crippen LogP contribution in [0.3, 0.4) is 0 Å². The summed E-state index contributed by atoms with van der Waals surface area (Å²) >= 11 is 6.15. The van der Waals surface area contributed by atoms with E-state index >= 15 is 0 Å². The number of hydrogen-bond acceptors (Lipinski definition) is 5. The second-order valence-electron chi connectivity index (χ2n) is 6.47. The fraction of sp³-hybridized carbons (Fsp3) is 0.250. The predicted molar refractivity (Wildman–Crippen MR) is 101 cm³/mol. The number of ether oxygens (including phenoxy) is 1. The lowest BCUT2D eigenvalue weighted by atomic mass is 9.93. The number of nitrogens with zero attached hydrogens (tertiary/aromatic N) is 3. The summed E-state index contributed by atoms with van der Waals surface area (Å²) in [7, 11) is 3.38. The molecule has 2 aromatic carbocycles. The Kier molecular flexibility index (Phi) is 4.58. The molecule has 7 heteroatoms. The number of rotatable bonds is 4. The van der Waals surface area contributed by atoms with E-state index in [1.165, 1.54) is 0 Å². The van der Waals surface area contributed by atoms with Crippen molar-refractivity contribution in [1.82, 2.24) is 15.0 Å². The van der Waals surface area contributed by atoms with Crippen molar-refractivity contribution in [1.29, 1.82) is 0 Å². The molecule has 1 saturated heterocycles. The van der Waals surface area contributed by atoms with Gasteiger partial charge in [0.15, 0.2) is 0 Å². The fourth-order valence-corrected chi connectivity index (χ4v) is 3.76. The fourth-order valence-electron chi connectivity index (χ4n) is 3.56. The van der Waals surface area contributed by atoms with Crippen LogP contribution in [0, 0.1) is 0 Å². The highest BCUT2D eigenvalue weighted by Crippen LogP contribution is 2.44. The molecule has 2 unspecified atom stereocenters. The number of likely N-dealkylation sites (tertiary alicyclic amines) is 1. The number of amides is 1. The lowest BCUT2D eigenvalue weighted by Gasteiger charge is -2.23. The summed E-state index contributed by atoms with van der Waals surface area (Å²) in [6.45, 7) is 0. The number of carbonyl (C=O) groups excluding carboxylic acids is 1. The second kappa shape index (κ2) is 7.04. The molecule has 6 nitrogen and oxygen atoms in total. The van der Waals surface area contributed by atoms with Crippen LogP contribution in [0.2, 0.25) is 5.02 Å². The molecule has 1 aliphatic rings. The third kappa shape index (κ3) is 3.17. The highest BCUT2D eigenvalue weighted by Gasteiger charge is 2.42. The summed E-state index contributed by atoms with van der Waals surface area (Å²) in [5, 5.41) is 4.74. The number of hydrogen-bond donors (Lipinski definition) is 0. The van der Waals surface area contributed by atoms with Crippen molar-refractivity contribution < 1.29 is 14.1 Å². The first-order chi connectivity index (χ1) is 13.1. The third-order valence-corrected chi connectivity index (χ3v) is 5.12. The first-order valence-corrected chi connectivity index (χ1v) is 8.94. The van der Waals surface area contributed by atoms with Crippen LogP contribution in [0.5, 0.6) is 5.75 Å². The van der Waals surface area contributed by atoms with Crippen LogP contribution in [0.25, 0.3) is 11.4 Å². The summed E-state index contributed by atoms with van der Waals surface area (Å²) in [5.41, 5.74) is 1.69. The minimum absolute atomic E-state index is 0.0296. The van der Waals surface area contributed by atoms with Crippen molar-refractivity contribution in [3.8, 4) is 17.1 Å². The SMILES string of the molecule is COc1ccccc1-c1noc(C2CC(=O)N(C)C2c2cccc(Cl)c2)n1. The van der Waals surface area contributed by atoms with Gasteiger partial charge in [0, 0.05) is 18.5 Å². The van der Waals surface area contributed by atoms with Crippen molar-refractivity contribution in [2.75, 3.05) is 14.2 Å². The van der Waals surface area contributed by atoms with Gasteiger partial charge in [-0.25, -0.2) is 0 Å². The first kappa shape index (κ1) is 17.5. The highest BCUT2D eigenvalue weighted by atomic mass is 35.5. The summed E-state index contributed by atoms with van der Waals surface area (Å²) in [6, 6.07) is 14.8. The number of aromatic nitrogens is 2. The normalized spacial score (nSPS) is 19.5. The van der Waals surface area contributed by atoms with E-state index in [1.54, 1.807) is 19.1 Å². The van der Waals surface area contributed by atoms with Crippen LogP contribution in [0.15, 0.2) is 53.1 Å². The van der Waals surface area contributed by atoms with Gasteiger partial charge in [-0.1, -0.05) is 41.0 Å². The number of halogens is 1. The van der Waals surface area contributed by atoms with Crippen LogP contribution >= 0.6 is 11.6 Å². The van der Waals surface area contributed by atoms with Gasteiger partial charge in [-0.2, -0.15) is 4.98 Å². The largest absolute Gasteiger partial charge is 0.496 e. The molecule has 2 atom stereocenters. The molecular formula is C20H18ClN3O3. The third-order valence-electron chi connectivity index (χ3n) is 4.88. The van der Waals surface area contributed by atoms with E-state index in [4.69, 9.17) is 20.9 Å². The van der Waals surface area contributed by atoms with E-state index in [0.29, 0.717) is 28.9 Å². The highest BCUT2D eigenvalue weighted by molar-refractivity contribution is 6.30. The Bertz CT molecular complexity index is 988. The summed E-state index contributed by atoms with van der Waals surface area (Å²) < 4.78 is 10.9. The maximum atomic E-state index is 12.4. The van der Waals surface area contributed by atoms with Gasteiger partial charge in [0.25, 0.3) is 0 Å². The van der Waals surface area contributed by atoms with Gasteiger partial charge in [-0.3, -0.25) is 4.79 Å². The van der Waals surface area contributed by atoms with Crippen molar-refractivity contribution in [2.24, 2.45) is 0 Å². The minimum Gasteiger partial charge on any atom is -0.496 e. The van der Waals surface area contributed by atoms with E-state index < -0.39 is 0 Å². The topological polar surface area (TPSA) is 68.5 Å². The Morgan fingerprint density at radius 1 is 1.22 bits per heavy atom. The second-order valence-corrected chi connectivity index (χ2v) is 6.91. The average molecular weight is 384 g/mol. The van der Waals surface area contributed by atoms with Crippen molar-refractivity contribution >= 4 is 17.5 Å². The van der Waals surface area contributed by atoms with Crippen molar-refractivity contribution in [3.63, 3.8) is 0 Å². The maximum Gasteiger partial charge on any atom is 0.233 e. The van der Waals surface area contributed by atoms with Crippen LogP contribution in [0.4, 0.5) is 0 Å². The zero-order chi connectivity index (χ0) is 19.0. The molecule has 1 amide bonds. The van der Waals surface area contributed by atoms with Gasteiger partial charge in [0.2, 0.25) is 17.6 Å². The van der Waals surface area contributed by atoms with Crippen LogP contribution in [0.1, 0.15) is 29.8 Å². The van der Waals surface area contributed by atoms with Gasteiger partial charge in [-0.15, -0.1) is 0 Å². The molecule has 1 fully saturated rings. The Hall–Kier alpha value is -2.86. The standard InChI is InChI=1S/C20H18ClN3O3/c1-24-17(25)11-15(18(24)12-6-5-7-13(21)10-12)20-22-19(23-27-20)14-8-3-4-9-16(14)26-2/h3-10,15,18H,11H2,1-2H3. The molecule has 4 rings (SSSR count). The van der Waals surface area contributed by atoms with Gasteiger partial charge in [0.1, 0.15) is 5.75 Å². The Morgan fingerprint density at radius 2 is 2.04 bits per heavy atom. The van der Waals surface area contributed by atoms with Gasteiger partial charge >= 0.3 is 0 Å². The molecule has 27 heavy (non-hydrogen) atoms. The molecule has 138 valence electrons. The van der Waals surface area contributed by atoms with E-state index in [-0.39, 0.29) is 17.9 Å². The molecule has 0 aliphatic carbocycles.